The maximum absolute atomic E-state index is 12.8. The van der Waals surface area contributed by atoms with Crippen molar-refractivity contribution in [3.05, 3.63) is 35.6 Å². The molecule has 18 heavy (non-hydrogen) atoms. The van der Waals surface area contributed by atoms with Crippen LogP contribution in [0.5, 0.6) is 0 Å². The molecular weight excluding hydrogens is 231 g/mol. The molecule has 0 aliphatic rings. The number of halogens is 1. The Morgan fingerprint density at radius 1 is 1.17 bits per heavy atom. The predicted molar refractivity (Wildman–Crippen MR) is 71.0 cm³/mol. The second-order valence-corrected chi connectivity index (χ2v) is 4.55. The van der Waals surface area contributed by atoms with Gasteiger partial charge in [-0.05, 0) is 37.5 Å². The molecule has 0 fully saturated rings. The molecule has 0 spiro atoms. The van der Waals surface area contributed by atoms with Gasteiger partial charge in [-0.25, -0.2) is 4.39 Å². The summed E-state index contributed by atoms with van der Waals surface area (Å²) >= 11 is 0. The molecule has 2 nitrogen and oxygen atoms in total. The number of hydrogen-bond donors (Lipinski definition) is 1. The van der Waals surface area contributed by atoms with E-state index in [1.54, 1.807) is 12.1 Å². The molecule has 3 heteroatoms. The van der Waals surface area contributed by atoms with Crippen molar-refractivity contribution in [2.75, 3.05) is 6.61 Å². The number of benzene rings is 1. The second-order valence-electron chi connectivity index (χ2n) is 4.55. The van der Waals surface area contributed by atoms with Crippen molar-refractivity contribution in [2.24, 2.45) is 0 Å². The third-order valence-corrected chi connectivity index (χ3v) is 3.58. The average Bonchev–Trinajstić information content (AvgIpc) is 2.38. The molecule has 0 aliphatic carbocycles. The number of aliphatic hydroxyl groups excluding tert-OH is 1. The summed E-state index contributed by atoms with van der Waals surface area (Å²) in [5, 5.41) is 10.4. The van der Waals surface area contributed by atoms with Crippen molar-refractivity contribution in [3.8, 4) is 0 Å². The van der Waals surface area contributed by atoms with Gasteiger partial charge in [-0.1, -0.05) is 26.0 Å². The summed E-state index contributed by atoms with van der Waals surface area (Å²) in [5.41, 5.74) is 0.429. The highest BCUT2D eigenvalue weighted by atomic mass is 19.1. The van der Waals surface area contributed by atoms with E-state index in [0.717, 1.165) is 18.4 Å². The minimum Gasteiger partial charge on any atom is -0.390 e. The maximum atomic E-state index is 12.8. The highest BCUT2D eigenvalue weighted by Gasteiger charge is 2.35. The van der Waals surface area contributed by atoms with Crippen LogP contribution in [0.1, 0.15) is 39.2 Å². The van der Waals surface area contributed by atoms with Gasteiger partial charge in [0.05, 0.1) is 11.7 Å². The van der Waals surface area contributed by atoms with Gasteiger partial charge >= 0.3 is 0 Å². The lowest BCUT2D eigenvalue weighted by Gasteiger charge is -2.36. The van der Waals surface area contributed by atoms with Crippen LogP contribution in [-0.4, -0.2) is 23.4 Å². The molecule has 0 saturated carbocycles. The van der Waals surface area contributed by atoms with Gasteiger partial charge in [0.15, 0.2) is 0 Å². The van der Waals surface area contributed by atoms with E-state index in [-0.39, 0.29) is 5.82 Å². The smallest absolute Gasteiger partial charge is 0.123 e. The molecule has 1 aromatic rings. The van der Waals surface area contributed by atoms with E-state index in [0.29, 0.717) is 13.0 Å². The van der Waals surface area contributed by atoms with Crippen LogP contribution in [0.25, 0.3) is 0 Å². The van der Waals surface area contributed by atoms with Crippen LogP contribution < -0.4 is 0 Å². The molecule has 1 aromatic carbocycles. The fraction of sp³-hybridized carbons (Fsp3) is 0.600. The van der Waals surface area contributed by atoms with Crippen LogP contribution in [0.4, 0.5) is 4.39 Å². The molecule has 0 radical (unpaired) electrons. The van der Waals surface area contributed by atoms with E-state index < -0.39 is 11.7 Å². The zero-order valence-electron chi connectivity index (χ0n) is 11.4. The topological polar surface area (TPSA) is 29.5 Å². The van der Waals surface area contributed by atoms with Gasteiger partial charge in [0.25, 0.3) is 0 Å². The summed E-state index contributed by atoms with van der Waals surface area (Å²) in [6.45, 7) is 6.56. The first-order valence-electron chi connectivity index (χ1n) is 6.64. The molecule has 1 unspecified atom stereocenters. The average molecular weight is 254 g/mol. The fourth-order valence-corrected chi connectivity index (χ4v) is 2.34. The van der Waals surface area contributed by atoms with E-state index in [2.05, 4.69) is 0 Å². The highest BCUT2D eigenvalue weighted by molar-refractivity contribution is 5.17. The highest BCUT2D eigenvalue weighted by Crippen LogP contribution is 2.27. The van der Waals surface area contributed by atoms with E-state index >= 15 is 0 Å². The van der Waals surface area contributed by atoms with Gasteiger partial charge in [0.2, 0.25) is 0 Å². The van der Waals surface area contributed by atoms with Gasteiger partial charge in [-0.2, -0.15) is 0 Å². The largest absolute Gasteiger partial charge is 0.390 e. The van der Waals surface area contributed by atoms with Crippen molar-refractivity contribution in [2.45, 2.75) is 51.7 Å². The molecule has 0 heterocycles. The summed E-state index contributed by atoms with van der Waals surface area (Å²) < 4.78 is 18.6. The van der Waals surface area contributed by atoms with Crippen LogP contribution >= 0.6 is 0 Å². The molecule has 1 atom stereocenters. The normalized spacial score (nSPS) is 13.6. The molecule has 0 saturated heterocycles. The van der Waals surface area contributed by atoms with Crippen LogP contribution in [0.15, 0.2) is 24.3 Å². The van der Waals surface area contributed by atoms with Gasteiger partial charge in [0.1, 0.15) is 5.82 Å². The number of aliphatic hydroxyl groups is 1. The lowest BCUT2D eigenvalue weighted by Crippen LogP contribution is -2.45. The Hall–Kier alpha value is -0.930. The van der Waals surface area contributed by atoms with Gasteiger partial charge in [0, 0.05) is 13.0 Å². The molecule has 0 bridgehead atoms. The van der Waals surface area contributed by atoms with E-state index in [4.69, 9.17) is 4.74 Å². The third-order valence-electron chi connectivity index (χ3n) is 3.58. The van der Waals surface area contributed by atoms with Crippen LogP contribution in [0.3, 0.4) is 0 Å². The molecule has 0 aromatic heterocycles. The van der Waals surface area contributed by atoms with Crippen LogP contribution in [-0.2, 0) is 11.2 Å². The van der Waals surface area contributed by atoms with E-state index in [1.165, 1.54) is 12.1 Å². The minimum absolute atomic E-state index is 0.254. The van der Waals surface area contributed by atoms with Crippen molar-refractivity contribution < 1.29 is 14.2 Å². The van der Waals surface area contributed by atoms with Gasteiger partial charge in [-0.3, -0.25) is 0 Å². The summed E-state index contributed by atoms with van der Waals surface area (Å²) in [5.74, 6) is -0.254. The third kappa shape index (κ3) is 3.53. The number of rotatable bonds is 7. The van der Waals surface area contributed by atoms with Crippen molar-refractivity contribution >= 4 is 0 Å². The first-order valence-corrected chi connectivity index (χ1v) is 6.64. The fourth-order valence-electron chi connectivity index (χ4n) is 2.34. The molecule has 1 N–H and O–H groups in total. The quantitative estimate of drug-likeness (QED) is 0.808. The van der Waals surface area contributed by atoms with Crippen molar-refractivity contribution in [3.63, 3.8) is 0 Å². The zero-order valence-corrected chi connectivity index (χ0v) is 11.4. The van der Waals surface area contributed by atoms with Gasteiger partial charge < -0.3 is 9.84 Å². The Morgan fingerprint density at radius 2 is 1.72 bits per heavy atom. The zero-order chi connectivity index (χ0) is 13.6. The molecule has 0 amide bonds. The van der Waals surface area contributed by atoms with Gasteiger partial charge in [-0.15, -0.1) is 0 Å². The molecule has 102 valence electrons. The Bertz CT molecular complexity index is 344. The lowest BCUT2D eigenvalue weighted by molar-refractivity contribution is -0.124. The van der Waals surface area contributed by atoms with Crippen molar-refractivity contribution in [1.29, 1.82) is 0 Å². The van der Waals surface area contributed by atoms with Crippen molar-refractivity contribution in [1.82, 2.24) is 0 Å². The monoisotopic (exact) mass is 254 g/mol. The van der Waals surface area contributed by atoms with E-state index in [9.17, 15) is 9.50 Å². The Labute approximate surface area is 109 Å². The number of hydrogen-bond acceptors (Lipinski definition) is 2. The predicted octanol–water partition coefficient (Wildman–Crippen LogP) is 3.32. The summed E-state index contributed by atoms with van der Waals surface area (Å²) in [6, 6.07) is 6.26. The first kappa shape index (κ1) is 15.1. The second kappa shape index (κ2) is 6.86. The van der Waals surface area contributed by atoms with Crippen LogP contribution in [0, 0.1) is 5.82 Å². The summed E-state index contributed by atoms with van der Waals surface area (Å²) in [4.78, 5) is 0. The molecule has 1 rings (SSSR count). The Morgan fingerprint density at radius 3 is 2.17 bits per heavy atom. The first-order chi connectivity index (χ1) is 8.57. The molecular formula is C15H23FO2. The molecule has 0 aliphatic heterocycles. The van der Waals surface area contributed by atoms with E-state index in [1.807, 2.05) is 20.8 Å². The summed E-state index contributed by atoms with van der Waals surface area (Å²) in [6.07, 6.45) is 1.44. The maximum Gasteiger partial charge on any atom is 0.123 e. The minimum atomic E-state index is -0.571. The van der Waals surface area contributed by atoms with Crippen LogP contribution in [0.2, 0.25) is 0 Å². The summed E-state index contributed by atoms with van der Waals surface area (Å²) in [7, 11) is 0. The Kier molecular flexibility index (Phi) is 5.76. The lowest BCUT2D eigenvalue weighted by atomic mass is 9.86. The Balaban J connectivity index is 2.77. The SMILES string of the molecule is CCOC(CC)(CC)C(O)Cc1ccc(F)cc1. The standard InChI is InChI=1S/C15H23FO2/c1-4-15(5-2,18-6-3)14(17)11-12-7-9-13(16)10-8-12/h7-10,14,17H,4-6,11H2,1-3H3. The number of ether oxygens (including phenoxy) is 1.